The van der Waals surface area contributed by atoms with Gasteiger partial charge in [-0.2, -0.15) is 0 Å². The highest BCUT2D eigenvalue weighted by Gasteiger charge is 2.10. The molecule has 5 nitrogen and oxygen atoms in total. The van der Waals surface area contributed by atoms with E-state index in [2.05, 4.69) is 15.2 Å². The van der Waals surface area contributed by atoms with Crippen molar-refractivity contribution in [2.75, 3.05) is 12.8 Å². The van der Waals surface area contributed by atoms with Gasteiger partial charge < -0.3 is 10.5 Å². The number of rotatable bonds is 2. The van der Waals surface area contributed by atoms with E-state index in [0.717, 1.165) is 0 Å². The second-order valence-electron chi connectivity index (χ2n) is 3.04. The molecule has 0 aliphatic carbocycles. The predicted molar refractivity (Wildman–Crippen MR) is 61.2 cm³/mol. The van der Waals surface area contributed by atoms with E-state index < -0.39 is 0 Å². The van der Waals surface area contributed by atoms with Crippen molar-refractivity contribution >= 4 is 17.4 Å². The first-order chi connectivity index (χ1) is 7.72. The van der Waals surface area contributed by atoms with Gasteiger partial charge in [-0.3, -0.25) is 0 Å². The van der Waals surface area contributed by atoms with Crippen LogP contribution in [0.1, 0.15) is 0 Å². The third-order valence-corrected chi connectivity index (χ3v) is 2.39. The number of hydrogen-bond acceptors (Lipinski definition) is 5. The van der Waals surface area contributed by atoms with Gasteiger partial charge in [-0.25, -0.2) is 4.98 Å². The van der Waals surface area contributed by atoms with E-state index in [1.54, 1.807) is 25.3 Å². The summed E-state index contributed by atoms with van der Waals surface area (Å²) in [5.41, 5.74) is 6.84. The number of benzene rings is 1. The Labute approximate surface area is 97.2 Å². The van der Waals surface area contributed by atoms with E-state index in [-0.39, 0.29) is 0 Å². The standard InChI is InChI=1S/C10H9ClN4O/c1-16-6-2-3-7(8(11)4-6)9-10(12)13-5-14-15-9/h2-5H,1H3,(H2,12,13,14). The van der Waals surface area contributed by atoms with Gasteiger partial charge in [0.25, 0.3) is 0 Å². The Morgan fingerprint density at radius 2 is 2.19 bits per heavy atom. The minimum Gasteiger partial charge on any atom is -0.497 e. The van der Waals surface area contributed by atoms with Crippen molar-refractivity contribution in [3.63, 3.8) is 0 Å². The maximum absolute atomic E-state index is 6.08. The van der Waals surface area contributed by atoms with Crippen molar-refractivity contribution < 1.29 is 4.74 Å². The fraction of sp³-hybridized carbons (Fsp3) is 0.100. The normalized spacial score (nSPS) is 10.1. The van der Waals surface area contributed by atoms with Gasteiger partial charge in [0.15, 0.2) is 5.82 Å². The molecule has 0 unspecified atom stereocenters. The van der Waals surface area contributed by atoms with Crippen LogP contribution in [-0.2, 0) is 0 Å². The molecule has 6 heteroatoms. The summed E-state index contributed by atoms with van der Waals surface area (Å²) in [5, 5.41) is 8.07. The average molecular weight is 237 g/mol. The summed E-state index contributed by atoms with van der Waals surface area (Å²) in [6.07, 6.45) is 1.29. The summed E-state index contributed by atoms with van der Waals surface area (Å²) in [5.74, 6) is 0.964. The molecule has 2 aromatic rings. The van der Waals surface area contributed by atoms with E-state index in [0.29, 0.717) is 27.8 Å². The Morgan fingerprint density at radius 1 is 1.38 bits per heavy atom. The van der Waals surface area contributed by atoms with E-state index in [1.807, 2.05) is 0 Å². The van der Waals surface area contributed by atoms with Gasteiger partial charge in [-0.05, 0) is 18.2 Å². The lowest BCUT2D eigenvalue weighted by Crippen LogP contribution is -1.99. The van der Waals surface area contributed by atoms with E-state index >= 15 is 0 Å². The molecule has 1 aromatic carbocycles. The van der Waals surface area contributed by atoms with Gasteiger partial charge in [0.2, 0.25) is 0 Å². The number of anilines is 1. The molecule has 0 saturated carbocycles. The van der Waals surface area contributed by atoms with Crippen molar-refractivity contribution in [3.8, 4) is 17.0 Å². The van der Waals surface area contributed by atoms with Crippen LogP contribution in [0.3, 0.4) is 0 Å². The Hall–Kier alpha value is -1.88. The molecule has 82 valence electrons. The first-order valence-corrected chi connectivity index (χ1v) is 4.87. The molecule has 1 aromatic heterocycles. The average Bonchev–Trinajstić information content (AvgIpc) is 2.30. The summed E-state index contributed by atoms with van der Waals surface area (Å²) < 4.78 is 5.05. The van der Waals surface area contributed by atoms with Gasteiger partial charge in [0, 0.05) is 5.56 Å². The van der Waals surface area contributed by atoms with Crippen molar-refractivity contribution in [3.05, 3.63) is 29.5 Å². The van der Waals surface area contributed by atoms with Crippen molar-refractivity contribution in [1.29, 1.82) is 0 Å². The van der Waals surface area contributed by atoms with Crippen LogP contribution in [0.15, 0.2) is 24.5 Å². The lowest BCUT2D eigenvalue weighted by atomic mass is 10.1. The largest absolute Gasteiger partial charge is 0.497 e. The van der Waals surface area contributed by atoms with Gasteiger partial charge in [0.1, 0.15) is 17.8 Å². The monoisotopic (exact) mass is 236 g/mol. The topological polar surface area (TPSA) is 73.9 Å². The highest BCUT2D eigenvalue weighted by Crippen LogP contribution is 2.31. The highest BCUT2D eigenvalue weighted by atomic mass is 35.5. The third kappa shape index (κ3) is 1.90. The zero-order chi connectivity index (χ0) is 11.5. The summed E-state index contributed by atoms with van der Waals surface area (Å²) in [6.45, 7) is 0. The van der Waals surface area contributed by atoms with Crippen LogP contribution < -0.4 is 10.5 Å². The maximum atomic E-state index is 6.08. The van der Waals surface area contributed by atoms with Crippen molar-refractivity contribution in [1.82, 2.24) is 15.2 Å². The highest BCUT2D eigenvalue weighted by molar-refractivity contribution is 6.33. The number of nitrogens with zero attached hydrogens (tertiary/aromatic N) is 3. The zero-order valence-electron chi connectivity index (χ0n) is 8.51. The molecule has 0 atom stereocenters. The molecule has 0 fully saturated rings. The number of nitrogen functional groups attached to an aromatic ring is 1. The fourth-order valence-corrected chi connectivity index (χ4v) is 1.55. The first kappa shape index (κ1) is 10.6. The first-order valence-electron chi connectivity index (χ1n) is 4.49. The van der Waals surface area contributed by atoms with Crippen LogP contribution in [0.2, 0.25) is 5.02 Å². The minimum atomic E-state index is 0.294. The quantitative estimate of drug-likeness (QED) is 0.860. The zero-order valence-corrected chi connectivity index (χ0v) is 9.27. The molecule has 0 radical (unpaired) electrons. The lowest BCUT2D eigenvalue weighted by molar-refractivity contribution is 0.415. The summed E-state index contributed by atoms with van der Waals surface area (Å²) >= 11 is 6.08. The molecule has 0 saturated heterocycles. The number of nitrogens with two attached hydrogens (primary N) is 1. The molecule has 0 bridgehead atoms. The molecule has 0 aliphatic rings. The number of halogens is 1. The molecule has 2 N–H and O–H groups in total. The van der Waals surface area contributed by atoms with Crippen LogP contribution >= 0.6 is 11.6 Å². The summed E-state index contributed by atoms with van der Waals surface area (Å²) in [7, 11) is 1.57. The molecule has 0 aliphatic heterocycles. The Balaban J connectivity index is 2.53. The molecule has 2 rings (SSSR count). The maximum Gasteiger partial charge on any atom is 0.153 e. The third-order valence-electron chi connectivity index (χ3n) is 2.08. The van der Waals surface area contributed by atoms with E-state index in [1.165, 1.54) is 6.33 Å². The van der Waals surface area contributed by atoms with Crippen molar-refractivity contribution in [2.45, 2.75) is 0 Å². The number of ether oxygens (including phenoxy) is 1. The van der Waals surface area contributed by atoms with Gasteiger partial charge in [-0.1, -0.05) is 11.6 Å². The summed E-state index contributed by atoms with van der Waals surface area (Å²) in [6, 6.07) is 5.23. The molecular formula is C10H9ClN4O. The number of aromatic nitrogens is 3. The van der Waals surface area contributed by atoms with Gasteiger partial charge in [0.05, 0.1) is 12.1 Å². The summed E-state index contributed by atoms with van der Waals surface area (Å²) in [4.78, 5) is 3.85. The van der Waals surface area contributed by atoms with Crippen molar-refractivity contribution in [2.24, 2.45) is 0 Å². The van der Waals surface area contributed by atoms with E-state index in [9.17, 15) is 0 Å². The Bertz CT molecular complexity index is 518. The minimum absolute atomic E-state index is 0.294. The Morgan fingerprint density at radius 3 is 2.81 bits per heavy atom. The molecule has 0 amide bonds. The van der Waals surface area contributed by atoms with Crippen LogP contribution in [0.4, 0.5) is 5.82 Å². The van der Waals surface area contributed by atoms with Gasteiger partial charge >= 0.3 is 0 Å². The van der Waals surface area contributed by atoms with Crippen LogP contribution in [-0.4, -0.2) is 22.3 Å². The smallest absolute Gasteiger partial charge is 0.153 e. The molecule has 16 heavy (non-hydrogen) atoms. The van der Waals surface area contributed by atoms with E-state index in [4.69, 9.17) is 22.1 Å². The molecular weight excluding hydrogens is 228 g/mol. The molecule has 1 heterocycles. The Kier molecular flexibility index (Phi) is 2.87. The lowest BCUT2D eigenvalue weighted by Gasteiger charge is -2.06. The second kappa shape index (κ2) is 4.32. The fourth-order valence-electron chi connectivity index (χ4n) is 1.29. The van der Waals surface area contributed by atoms with Crippen LogP contribution in [0, 0.1) is 0 Å². The SMILES string of the molecule is COc1ccc(-c2nncnc2N)c(Cl)c1. The van der Waals surface area contributed by atoms with Gasteiger partial charge in [-0.15, -0.1) is 10.2 Å². The van der Waals surface area contributed by atoms with Crippen LogP contribution in [0.25, 0.3) is 11.3 Å². The number of methoxy groups -OCH3 is 1. The van der Waals surface area contributed by atoms with Crippen LogP contribution in [0.5, 0.6) is 5.75 Å². The predicted octanol–water partition coefficient (Wildman–Crippen LogP) is 1.78. The number of hydrogen-bond donors (Lipinski definition) is 1. The second-order valence-corrected chi connectivity index (χ2v) is 3.45. The molecule has 0 spiro atoms.